The van der Waals surface area contributed by atoms with Gasteiger partial charge in [-0.1, -0.05) is 43.5 Å². The van der Waals surface area contributed by atoms with E-state index in [1.807, 2.05) is 6.92 Å². The molecule has 0 saturated carbocycles. The smallest absolute Gasteiger partial charge is 0.246 e. The van der Waals surface area contributed by atoms with Gasteiger partial charge in [-0.15, -0.1) is 0 Å². The zero-order chi connectivity index (χ0) is 14.6. The molecule has 0 heterocycles. The summed E-state index contributed by atoms with van der Waals surface area (Å²) in [4.78, 5) is -0.0588. The molecular formula is C12H18Cl2N2O2S. The van der Waals surface area contributed by atoms with E-state index in [-0.39, 0.29) is 15.6 Å². The summed E-state index contributed by atoms with van der Waals surface area (Å²) in [6, 6.07) is 2.79. The topological polar surface area (TPSA) is 63.4 Å². The summed E-state index contributed by atoms with van der Waals surface area (Å²) in [5.41, 5.74) is 5.83. The van der Waals surface area contributed by atoms with Gasteiger partial charge in [0, 0.05) is 18.1 Å². The van der Waals surface area contributed by atoms with Gasteiger partial charge in [-0.25, -0.2) is 8.42 Å². The number of benzene rings is 1. The molecule has 7 heteroatoms. The fourth-order valence-electron chi connectivity index (χ4n) is 1.76. The second kappa shape index (κ2) is 6.79. The third-order valence-electron chi connectivity index (χ3n) is 2.75. The van der Waals surface area contributed by atoms with E-state index in [0.29, 0.717) is 18.1 Å². The Balaban J connectivity index is 3.26. The average molecular weight is 325 g/mol. The van der Waals surface area contributed by atoms with E-state index >= 15 is 0 Å². The lowest BCUT2D eigenvalue weighted by atomic mass is 10.3. The molecule has 1 aromatic rings. The normalized spacial score (nSPS) is 12.1. The Morgan fingerprint density at radius 3 is 2.37 bits per heavy atom. The monoisotopic (exact) mass is 324 g/mol. The first-order chi connectivity index (χ1) is 8.84. The summed E-state index contributed by atoms with van der Waals surface area (Å²) in [6.45, 7) is 4.62. The summed E-state index contributed by atoms with van der Waals surface area (Å²) in [6.07, 6.45) is 1.70. The summed E-state index contributed by atoms with van der Waals surface area (Å²) in [5.74, 6) is 0. The van der Waals surface area contributed by atoms with Crippen molar-refractivity contribution in [3.8, 4) is 0 Å². The van der Waals surface area contributed by atoms with E-state index in [4.69, 9.17) is 28.9 Å². The summed E-state index contributed by atoms with van der Waals surface area (Å²) < 4.78 is 26.5. The average Bonchev–Trinajstić information content (AvgIpc) is 2.27. The van der Waals surface area contributed by atoms with Crippen molar-refractivity contribution in [2.75, 3.05) is 18.8 Å². The minimum atomic E-state index is -3.68. The van der Waals surface area contributed by atoms with Crippen LogP contribution in [-0.4, -0.2) is 25.8 Å². The highest BCUT2D eigenvalue weighted by atomic mass is 35.5. The molecular weight excluding hydrogens is 307 g/mol. The van der Waals surface area contributed by atoms with Crippen molar-refractivity contribution in [1.82, 2.24) is 4.31 Å². The highest BCUT2D eigenvalue weighted by Crippen LogP contribution is 2.33. The third-order valence-corrected chi connectivity index (χ3v) is 5.47. The molecule has 0 aliphatic carbocycles. The number of unbranched alkanes of at least 4 members (excludes halogenated alkanes) is 1. The Kier molecular flexibility index (Phi) is 5.92. The van der Waals surface area contributed by atoms with E-state index in [9.17, 15) is 8.42 Å². The van der Waals surface area contributed by atoms with Crippen LogP contribution in [0.25, 0.3) is 0 Å². The Labute approximate surface area is 124 Å². The van der Waals surface area contributed by atoms with E-state index in [1.54, 1.807) is 6.92 Å². The lowest BCUT2D eigenvalue weighted by Crippen LogP contribution is -2.32. The van der Waals surface area contributed by atoms with E-state index < -0.39 is 10.0 Å². The molecule has 0 spiro atoms. The van der Waals surface area contributed by atoms with Gasteiger partial charge < -0.3 is 5.73 Å². The fraction of sp³-hybridized carbons (Fsp3) is 0.500. The van der Waals surface area contributed by atoms with Crippen LogP contribution in [0.2, 0.25) is 10.0 Å². The largest absolute Gasteiger partial charge is 0.398 e. The molecule has 0 bridgehead atoms. The predicted molar refractivity (Wildman–Crippen MR) is 80.2 cm³/mol. The fourth-order valence-corrected chi connectivity index (χ4v) is 4.20. The molecule has 1 aromatic carbocycles. The first kappa shape index (κ1) is 16.6. The van der Waals surface area contributed by atoms with Gasteiger partial charge in [0.25, 0.3) is 0 Å². The lowest BCUT2D eigenvalue weighted by Gasteiger charge is -2.22. The maximum Gasteiger partial charge on any atom is 0.246 e. The zero-order valence-corrected chi connectivity index (χ0v) is 13.3. The lowest BCUT2D eigenvalue weighted by molar-refractivity contribution is 0.419. The van der Waals surface area contributed by atoms with Crippen LogP contribution in [0.5, 0.6) is 0 Å². The second-order valence-corrected chi connectivity index (χ2v) is 6.87. The molecule has 108 valence electrons. The molecule has 0 fully saturated rings. The van der Waals surface area contributed by atoms with E-state index in [1.165, 1.54) is 16.4 Å². The standard InChI is InChI=1S/C12H18Cl2N2O2S/c1-3-5-6-16(4-2)19(17,18)12-10(14)7-9(13)8-11(12)15/h7-8H,3-6,15H2,1-2H3. The van der Waals surface area contributed by atoms with Gasteiger partial charge in [0.1, 0.15) is 4.90 Å². The molecule has 0 aliphatic heterocycles. The number of hydrogen-bond acceptors (Lipinski definition) is 3. The maximum absolute atomic E-state index is 12.5. The van der Waals surface area contributed by atoms with Gasteiger partial charge >= 0.3 is 0 Å². The number of anilines is 1. The van der Waals surface area contributed by atoms with E-state index in [0.717, 1.165) is 12.8 Å². The van der Waals surface area contributed by atoms with Crippen molar-refractivity contribution in [3.05, 3.63) is 22.2 Å². The first-order valence-corrected chi connectivity index (χ1v) is 8.28. The second-order valence-electron chi connectivity index (χ2n) is 4.16. The van der Waals surface area contributed by atoms with Crippen LogP contribution in [0, 0.1) is 0 Å². The summed E-state index contributed by atoms with van der Waals surface area (Å²) in [7, 11) is -3.68. The minimum absolute atomic E-state index is 0.0555. The quantitative estimate of drug-likeness (QED) is 0.816. The molecule has 2 N–H and O–H groups in total. The van der Waals surface area contributed by atoms with E-state index in [2.05, 4.69) is 0 Å². The van der Waals surface area contributed by atoms with Gasteiger partial charge in [0.15, 0.2) is 0 Å². The van der Waals surface area contributed by atoms with Crippen LogP contribution in [0.15, 0.2) is 17.0 Å². The SMILES string of the molecule is CCCCN(CC)S(=O)(=O)c1c(N)cc(Cl)cc1Cl. The number of nitrogens with two attached hydrogens (primary N) is 1. The number of hydrogen-bond donors (Lipinski definition) is 1. The maximum atomic E-state index is 12.5. The Morgan fingerprint density at radius 1 is 1.26 bits per heavy atom. The van der Waals surface area contributed by atoms with Crippen molar-refractivity contribution in [1.29, 1.82) is 0 Å². The molecule has 4 nitrogen and oxygen atoms in total. The van der Waals surface area contributed by atoms with Gasteiger partial charge in [-0.05, 0) is 18.6 Å². The predicted octanol–water partition coefficient (Wildman–Crippen LogP) is 3.39. The molecule has 1 rings (SSSR count). The third kappa shape index (κ3) is 3.75. The van der Waals surface area contributed by atoms with Crippen molar-refractivity contribution < 1.29 is 8.42 Å². The van der Waals surface area contributed by atoms with Crippen LogP contribution in [0.1, 0.15) is 26.7 Å². The summed E-state index contributed by atoms with van der Waals surface area (Å²) in [5, 5.41) is 0.373. The van der Waals surface area contributed by atoms with Crippen molar-refractivity contribution in [2.45, 2.75) is 31.6 Å². The van der Waals surface area contributed by atoms with Crippen LogP contribution < -0.4 is 5.73 Å². The Bertz CT molecular complexity index is 524. The Hall–Kier alpha value is -0.490. The van der Waals surface area contributed by atoms with Crippen LogP contribution >= 0.6 is 23.2 Å². The molecule has 0 saturated heterocycles. The summed E-state index contributed by atoms with van der Waals surface area (Å²) >= 11 is 11.8. The molecule has 0 aliphatic rings. The van der Waals surface area contributed by atoms with Crippen LogP contribution in [0.3, 0.4) is 0 Å². The zero-order valence-electron chi connectivity index (χ0n) is 11.0. The van der Waals surface area contributed by atoms with Gasteiger partial charge in [-0.3, -0.25) is 0 Å². The van der Waals surface area contributed by atoms with Gasteiger partial charge in [-0.2, -0.15) is 4.31 Å². The highest BCUT2D eigenvalue weighted by Gasteiger charge is 2.27. The number of sulfonamides is 1. The van der Waals surface area contributed by atoms with Crippen LogP contribution in [-0.2, 0) is 10.0 Å². The molecule has 0 aromatic heterocycles. The molecule has 0 unspecified atom stereocenters. The molecule has 0 atom stereocenters. The first-order valence-electron chi connectivity index (χ1n) is 6.09. The van der Waals surface area contributed by atoms with Gasteiger partial charge in [0.2, 0.25) is 10.0 Å². The van der Waals surface area contributed by atoms with Crippen molar-refractivity contribution in [2.24, 2.45) is 0 Å². The van der Waals surface area contributed by atoms with Crippen molar-refractivity contribution >= 4 is 38.9 Å². The highest BCUT2D eigenvalue weighted by molar-refractivity contribution is 7.89. The van der Waals surface area contributed by atoms with Crippen molar-refractivity contribution in [3.63, 3.8) is 0 Å². The number of rotatable bonds is 6. The molecule has 19 heavy (non-hydrogen) atoms. The number of nitrogens with zero attached hydrogens (tertiary/aromatic N) is 1. The minimum Gasteiger partial charge on any atom is -0.398 e. The number of nitrogen functional groups attached to an aromatic ring is 1. The van der Waals surface area contributed by atoms with Gasteiger partial charge in [0.05, 0.1) is 10.7 Å². The molecule has 0 amide bonds. The molecule has 0 radical (unpaired) electrons. The number of halogens is 2. The Morgan fingerprint density at radius 2 is 1.89 bits per heavy atom. The van der Waals surface area contributed by atoms with Crippen LogP contribution in [0.4, 0.5) is 5.69 Å².